The van der Waals surface area contributed by atoms with E-state index >= 15 is 0 Å². The average Bonchev–Trinajstić information content (AvgIpc) is 3.10. The van der Waals surface area contributed by atoms with Crippen LogP contribution in [-0.2, 0) is 18.6 Å². The third-order valence-corrected chi connectivity index (χ3v) is 6.66. The van der Waals surface area contributed by atoms with Crippen molar-refractivity contribution in [2.45, 2.75) is 29.7 Å². The number of nitrogen functional groups attached to an aromatic ring is 1. The summed E-state index contributed by atoms with van der Waals surface area (Å²) in [5, 5.41) is 19.8. The van der Waals surface area contributed by atoms with Crippen LogP contribution in [0.15, 0.2) is 9.95 Å². The highest BCUT2D eigenvalue weighted by molar-refractivity contribution is 8.47. The molecule has 13 nitrogen and oxygen atoms in total. The standard InChI is InChI=1S/C12H14N5O8PS2/c13-11-15-8-5(9(21)16-11)14-12(28-2-4(18)19)17(8)10-6(20)7-3(24-10)1-23-26(22,27)25-7/h3,6-7,10,20,22,27H,1-2H2,(H3-,13,15,16,18,19,21)/p+1/t3?,6?,7-,10-,26?/m1/s1. The number of carbonyl (C=O) groups is 1. The van der Waals surface area contributed by atoms with Crippen LogP contribution in [0.2, 0.25) is 0 Å². The van der Waals surface area contributed by atoms with Gasteiger partial charge in [0.2, 0.25) is 5.95 Å². The highest BCUT2D eigenvalue weighted by atomic mass is 32.7. The number of hydrogen-bond acceptors (Lipinski definition) is 12. The number of fused-ring (bicyclic) bond motifs is 2. The summed E-state index contributed by atoms with van der Waals surface area (Å²) in [5.41, 5.74) is 4.90. The second kappa shape index (κ2) is 7.11. The summed E-state index contributed by atoms with van der Waals surface area (Å²) < 4.78 is 17.5. The van der Waals surface area contributed by atoms with E-state index in [4.69, 9.17) is 24.6 Å². The summed E-state index contributed by atoms with van der Waals surface area (Å²) in [6.07, 6.45) is -4.14. The largest absolute Gasteiger partial charge is 0.481 e. The Labute approximate surface area is 165 Å². The molecular formula is C12H15N5O8PS2+. The molecule has 4 rings (SSSR count). The fourth-order valence-corrected chi connectivity index (χ4v) is 5.24. The number of aliphatic carboxylic acids is 1. The molecule has 2 aliphatic rings. The van der Waals surface area contributed by atoms with Gasteiger partial charge in [-0.1, -0.05) is 11.8 Å². The van der Waals surface area contributed by atoms with Crippen LogP contribution in [-0.4, -0.2) is 71.3 Å². The fourth-order valence-electron chi connectivity index (χ4n) is 3.00. The molecule has 2 saturated heterocycles. The molecule has 0 saturated carbocycles. The molecular weight excluding hydrogens is 437 g/mol. The summed E-state index contributed by atoms with van der Waals surface area (Å²) in [7, 11) is -3.39. The van der Waals surface area contributed by atoms with Gasteiger partial charge in [0.15, 0.2) is 28.7 Å². The van der Waals surface area contributed by atoms with Gasteiger partial charge in [0.05, 0.1) is 18.0 Å². The van der Waals surface area contributed by atoms with Crippen molar-refractivity contribution >= 4 is 54.2 Å². The van der Waals surface area contributed by atoms with E-state index in [1.807, 2.05) is 0 Å². The molecule has 152 valence electrons. The van der Waals surface area contributed by atoms with Crippen LogP contribution in [0.5, 0.6) is 0 Å². The molecule has 0 aromatic carbocycles. The number of H-pyrrole nitrogens is 1. The van der Waals surface area contributed by atoms with Gasteiger partial charge in [0, 0.05) is 0 Å². The van der Waals surface area contributed by atoms with E-state index in [-0.39, 0.29) is 34.6 Å². The first-order chi connectivity index (χ1) is 13.2. The Kier molecular flexibility index (Phi) is 5.04. The second-order valence-corrected chi connectivity index (χ2v) is 9.89. The van der Waals surface area contributed by atoms with Gasteiger partial charge in [0.25, 0.3) is 5.56 Å². The monoisotopic (exact) mass is 452 g/mol. The molecule has 2 aromatic heterocycles. The number of rotatable bonds is 4. The number of anilines is 1. The van der Waals surface area contributed by atoms with Crippen molar-refractivity contribution in [3.05, 3.63) is 10.4 Å². The first-order valence-electron chi connectivity index (χ1n) is 7.79. The Morgan fingerprint density at radius 3 is 2.96 bits per heavy atom. The number of hydrogen-bond donors (Lipinski definition) is 6. The van der Waals surface area contributed by atoms with Crippen LogP contribution in [0.1, 0.15) is 6.23 Å². The molecule has 2 fully saturated rings. The molecule has 28 heavy (non-hydrogen) atoms. The third-order valence-electron chi connectivity index (χ3n) is 4.09. The first kappa shape index (κ1) is 19.8. The Morgan fingerprint density at radius 1 is 1.50 bits per heavy atom. The number of thioether (sulfide) groups is 1. The second-order valence-electron chi connectivity index (χ2n) is 5.98. The van der Waals surface area contributed by atoms with Crippen molar-refractivity contribution in [1.82, 2.24) is 19.5 Å². The molecule has 4 heterocycles. The number of aliphatic hydroxyl groups excluding tert-OH is 1. The number of aromatic amines is 1. The molecule has 6 N–H and O–H groups in total. The van der Waals surface area contributed by atoms with E-state index in [2.05, 4.69) is 27.2 Å². The molecule has 0 amide bonds. The van der Waals surface area contributed by atoms with Crippen molar-refractivity contribution in [2.75, 3.05) is 18.1 Å². The lowest BCUT2D eigenvalue weighted by Crippen LogP contribution is -2.39. The maximum atomic E-state index is 12.2. The maximum absolute atomic E-state index is 12.2. The van der Waals surface area contributed by atoms with Crippen molar-refractivity contribution in [3.8, 4) is 0 Å². The van der Waals surface area contributed by atoms with Crippen molar-refractivity contribution < 1.29 is 33.7 Å². The Morgan fingerprint density at radius 2 is 2.25 bits per heavy atom. The number of ether oxygens (including phenoxy) is 1. The normalized spacial score (nSPS) is 32.5. The molecule has 3 unspecified atom stereocenters. The zero-order chi connectivity index (χ0) is 20.2. The smallest absolute Gasteiger partial charge is 0.476 e. The summed E-state index contributed by atoms with van der Waals surface area (Å²) in [6.45, 7) is -0.0770. The van der Waals surface area contributed by atoms with E-state index in [1.54, 1.807) is 0 Å². The van der Waals surface area contributed by atoms with Crippen LogP contribution in [0.25, 0.3) is 11.2 Å². The minimum Gasteiger partial charge on any atom is -0.481 e. The Bertz CT molecular complexity index is 998. The molecule has 0 bridgehead atoms. The lowest BCUT2D eigenvalue weighted by atomic mass is 10.1. The first-order valence-corrected chi connectivity index (χ1v) is 11.5. The molecule has 5 atom stereocenters. The van der Waals surface area contributed by atoms with Gasteiger partial charge in [-0.25, -0.2) is 4.98 Å². The number of carboxylic acid groups (broad SMARTS) is 1. The van der Waals surface area contributed by atoms with Gasteiger partial charge in [-0.2, -0.15) is 18.9 Å². The van der Waals surface area contributed by atoms with Gasteiger partial charge in [0.1, 0.15) is 18.8 Å². The number of aliphatic hydroxyl groups is 1. The van der Waals surface area contributed by atoms with E-state index in [9.17, 15) is 19.6 Å². The van der Waals surface area contributed by atoms with Crippen LogP contribution in [0.4, 0.5) is 5.95 Å². The van der Waals surface area contributed by atoms with Crippen LogP contribution >= 0.6 is 31.2 Å². The zero-order valence-corrected chi connectivity index (χ0v) is 16.4. The summed E-state index contributed by atoms with van der Waals surface area (Å²) in [6, 6.07) is 0. The molecule has 16 heteroatoms. The zero-order valence-electron chi connectivity index (χ0n) is 13.8. The highest BCUT2D eigenvalue weighted by Gasteiger charge is 2.58. The van der Waals surface area contributed by atoms with Gasteiger partial charge in [-0.05, 0) is 0 Å². The minimum absolute atomic E-state index is 0.00804. The van der Waals surface area contributed by atoms with Crippen molar-refractivity contribution in [3.63, 3.8) is 0 Å². The van der Waals surface area contributed by atoms with E-state index in [0.717, 1.165) is 11.8 Å². The fraction of sp³-hybridized carbons (Fsp3) is 0.500. The number of imidazole rings is 1. The Hall–Kier alpha value is -1.45. The van der Waals surface area contributed by atoms with Crippen LogP contribution in [0.3, 0.4) is 0 Å². The third kappa shape index (κ3) is 3.48. The lowest BCUT2D eigenvalue weighted by Gasteiger charge is -2.25. The van der Waals surface area contributed by atoms with Gasteiger partial charge >= 0.3 is 13.1 Å². The van der Waals surface area contributed by atoms with Crippen LogP contribution < -0.4 is 11.3 Å². The van der Waals surface area contributed by atoms with Crippen molar-refractivity contribution in [2.24, 2.45) is 0 Å². The predicted molar refractivity (Wildman–Crippen MR) is 99.8 cm³/mol. The quantitative estimate of drug-likeness (QED) is 0.191. The molecule has 0 radical (unpaired) electrons. The molecule has 2 aliphatic heterocycles. The predicted octanol–water partition coefficient (Wildman–Crippen LogP) is -0.848. The minimum atomic E-state index is -3.39. The van der Waals surface area contributed by atoms with Crippen LogP contribution in [0, 0.1) is 0 Å². The number of carboxylic acids is 1. The van der Waals surface area contributed by atoms with Crippen molar-refractivity contribution in [1.29, 1.82) is 0 Å². The molecule has 0 spiro atoms. The lowest BCUT2D eigenvalue weighted by molar-refractivity contribution is -0.133. The Balaban J connectivity index is 1.79. The number of nitrogens with zero attached hydrogens (tertiary/aromatic N) is 3. The highest BCUT2D eigenvalue weighted by Crippen LogP contribution is 2.66. The number of thiol groups is 1. The number of aromatic nitrogens is 4. The van der Waals surface area contributed by atoms with Gasteiger partial charge < -0.3 is 20.7 Å². The molecule has 0 aliphatic carbocycles. The SMILES string of the molecule is Nc1nc2c(nc(SCC(=O)O)n2[C@@H]2OC3CO[P+](O)(S)O[C@H]3C2O)c(=O)[nH]1. The van der Waals surface area contributed by atoms with E-state index in [0.29, 0.717) is 0 Å². The molecule has 2 aromatic rings. The summed E-state index contributed by atoms with van der Waals surface area (Å²) in [5.74, 6) is -1.64. The summed E-state index contributed by atoms with van der Waals surface area (Å²) in [4.78, 5) is 43.5. The van der Waals surface area contributed by atoms with Gasteiger partial charge in [-0.3, -0.25) is 19.1 Å². The number of nitrogens with one attached hydrogen (secondary N) is 1. The average molecular weight is 452 g/mol. The topological polar surface area (TPSA) is 195 Å². The van der Waals surface area contributed by atoms with E-state index < -0.39 is 43.2 Å². The summed E-state index contributed by atoms with van der Waals surface area (Å²) >= 11 is 4.72. The maximum Gasteiger partial charge on any atom is 0.476 e. The number of nitrogens with two attached hydrogens (primary N) is 1. The van der Waals surface area contributed by atoms with E-state index in [1.165, 1.54) is 4.57 Å². The van der Waals surface area contributed by atoms with Gasteiger partial charge in [-0.15, -0.1) is 0 Å².